The second-order valence-electron chi connectivity index (χ2n) is 23.1. The van der Waals surface area contributed by atoms with Gasteiger partial charge in [0.25, 0.3) is 0 Å². The summed E-state index contributed by atoms with van der Waals surface area (Å²) in [6, 6.07) is 27.0. The number of fused-ring (bicyclic) bond motifs is 3. The summed E-state index contributed by atoms with van der Waals surface area (Å²) in [5.41, 5.74) is 25.0. The molecule has 3 saturated heterocycles. The van der Waals surface area contributed by atoms with Crippen LogP contribution in [0.1, 0.15) is 70.4 Å². The third-order valence-electron chi connectivity index (χ3n) is 15.9. The van der Waals surface area contributed by atoms with Crippen molar-refractivity contribution in [1.82, 2.24) is 59.7 Å². The van der Waals surface area contributed by atoms with Crippen LogP contribution < -0.4 is 41.4 Å². The molecule has 0 spiro atoms. The highest BCUT2D eigenvalue weighted by molar-refractivity contribution is 9.10. The van der Waals surface area contributed by atoms with Gasteiger partial charge in [0.15, 0.2) is 31.6 Å². The smallest absolute Gasteiger partial charge is 0.180 e. The van der Waals surface area contributed by atoms with Crippen LogP contribution in [0.25, 0.3) is 33.5 Å². The van der Waals surface area contributed by atoms with Gasteiger partial charge in [-0.3, -0.25) is 5.10 Å². The molecule has 9 heterocycles. The first-order chi connectivity index (χ1) is 42.2. The maximum atomic E-state index is 6.46. The Hall–Kier alpha value is -6.25. The van der Waals surface area contributed by atoms with Gasteiger partial charge in [-0.15, -0.1) is 0 Å². The fourth-order valence-corrected chi connectivity index (χ4v) is 13.5. The molecule has 0 amide bonds. The molecule has 0 bridgehead atoms. The van der Waals surface area contributed by atoms with E-state index in [1.54, 1.807) is 32.5 Å². The van der Waals surface area contributed by atoms with E-state index in [2.05, 4.69) is 81.6 Å². The zero-order chi connectivity index (χ0) is 61.9. The average molecular weight is 1370 g/mol. The lowest BCUT2D eigenvalue weighted by molar-refractivity contribution is 0.363. The van der Waals surface area contributed by atoms with Crippen molar-refractivity contribution >= 4 is 137 Å². The van der Waals surface area contributed by atoms with E-state index in [0.29, 0.717) is 43.4 Å². The molecule has 7 N–H and O–H groups in total. The molecule has 13 rings (SSSR count). The Kier molecular flexibility index (Phi) is 19.5. The minimum atomic E-state index is -0.135. The number of aromatic amines is 1. The Bertz CT molecular complexity index is 4060. The molecule has 27 heteroatoms. The third kappa shape index (κ3) is 15.0. The molecule has 0 radical (unpaired) electrons. The first kappa shape index (κ1) is 63.3. The van der Waals surface area contributed by atoms with Crippen LogP contribution in [0.3, 0.4) is 0 Å². The van der Waals surface area contributed by atoms with E-state index < -0.39 is 0 Å². The lowest BCUT2D eigenvalue weighted by Gasteiger charge is -2.37. The topological polar surface area (TPSA) is 248 Å². The molecule has 460 valence electrons. The number of hydrogen-bond donors (Lipinski definition) is 4. The Morgan fingerprint density at radius 3 is 1.38 bits per heavy atom. The molecule has 3 aliphatic heterocycles. The first-order valence-corrected chi connectivity index (χ1v) is 32.6. The minimum absolute atomic E-state index is 0.0901. The van der Waals surface area contributed by atoms with Crippen LogP contribution in [-0.4, -0.2) is 130 Å². The normalized spacial score (nSPS) is 16.3. The summed E-state index contributed by atoms with van der Waals surface area (Å²) >= 11 is 31.4. The standard InChI is InChI=1S/C25H26Cl2N6OS.C19H23BrN6O.C17H18Cl2N6S/c1-25(28)10-12-32(13-11-25)20-14-29-22-23(30-20)33(15-16-6-8-17(34-2)9-7-16)31-24(22)35-19-5-3-4-18(26)21(19)27;1-19(21)7-9-25(10-8-19)15-11-22-16-17(20)24-26(18(16)23-15)12-13-3-5-14(27-2)6-4-13;1-17(20)5-7-25(8-6-17)12-9-21-14-15(22-12)23-24-16(14)26-11-4-2-3-10(18)13(11)19/h3-9,14H,10-13,15,28H2,1-2H3;3-6,11H,7-10,12,21H2,1-2H3;2-4,9H,5-8,20H2,1H3,(H,22,23,24). The summed E-state index contributed by atoms with van der Waals surface area (Å²) in [5.74, 6) is 4.20. The van der Waals surface area contributed by atoms with Gasteiger partial charge in [-0.05, 0) is 135 Å². The Balaban J connectivity index is 0.000000138. The largest absolute Gasteiger partial charge is 0.497 e. The Morgan fingerprint density at radius 1 is 0.523 bits per heavy atom. The summed E-state index contributed by atoms with van der Waals surface area (Å²) < 4.78 is 15.0. The predicted octanol–water partition coefficient (Wildman–Crippen LogP) is 12.8. The molecule has 6 aromatic heterocycles. The fraction of sp³-hybridized carbons (Fsp3) is 0.361. The summed E-state index contributed by atoms with van der Waals surface area (Å²) in [6.45, 7) is 12.7. The van der Waals surface area contributed by atoms with Gasteiger partial charge in [0.05, 0.1) is 66.0 Å². The van der Waals surface area contributed by atoms with Crippen molar-refractivity contribution in [2.75, 3.05) is 68.2 Å². The molecule has 0 unspecified atom stereocenters. The summed E-state index contributed by atoms with van der Waals surface area (Å²) in [4.78, 5) is 36.9. The Morgan fingerprint density at radius 2 is 0.920 bits per heavy atom. The molecular formula is C61H67BrCl4N18O2S2. The molecule has 0 atom stereocenters. The summed E-state index contributed by atoms with van der Waals surface area (Å²) in [7, 11) is 3.32. The number of aromatic nitrogens is 12. The number of ether oxygens (including phenoxy) is 2. The van der Waals surface area contributed by atoms with Crippen LogP contribution in [0, 0.1) is 0 Å². The summed E-state index contributed by atoms with van der Waals surface area (Å²) in [6.07, 6.45) is 11.0. The van der Waals surface area contributed by atoms with E-state index >= 15 is 0 Å². The van der Waals surface area contributed by atoms with E-state index in [9.17, 15) is 0 Å². The quantitative estimate of drug-likeness (QED) is 0.0837. The number of nitrogens with two attached hydrogens (primary N) is 3. The number of hydrogen-bond acceptors (Lipinski definition) is 19. The zero-order valence-electron chi connectivity index (χ0n) is 49.2. The number of methoxy groups -OCH3 is 2. The van der Waals surface area contributed by atoms with Crippen molar-refractivity contribution in [3.8, 4) is 11.5 Å². The highest BCUT2D eigenvalue weighted by atomic mass is 79.9. The van der Waals surface area contributed by atoms with Gasteiger partial charge in [0, 0.05) is 65.7 Å². The van der Waals surface area contributed by atoms with Gasteiger partial charge in [-0.2, -0.15) is 15.3 Å². The van der Waals surface area contributed by atoms with Crippen molar-refractivity contribution in [1.29, 1.82) is 0 Å². The molecule has 0 aliphatic carbocycles. The number of halogens is 5. The van der Waals surface area contributed by atoms with Crippen LogP contribution >= 0.6 is 85.9 Å². The number of H-pyrrole nitrogens is 1. The zero-order valence-corrected chi connectivity index (χ0v) is 55.5. The first-order valence-electron chi connectivity index (χ1n) is 28.7. The second kappa shape index (κ2) is 27.1. The molecule has 3 fully saturated rings. The maximum absolute atomic E-state index is 6.46. The predicted molar refractivity (Wildman–Crippen MR) is 358 cm³/mol. The van der Waals surface area contributed by atoms with Crippen LogP contribution in [-0.2, 0) is 13.1 Å². The van der Waals surface area contributed by atoms with E-state index in [-0.39, 0.29) is 16.6 Å². The molecule has 3 aliphatic rings. The molecule has 4 aromatic carbocycles. The van der Waals surface area contributed by atoms with Crippen LogP contribution in [0.2, 0.25) is 20.1 Å². The van der Waals surface area contributed by atoms with Crippen molar-refractivity contribution in [2.45, 2.75) is 109 Å². The van der Waals surface area contributed by atoms with Gasteiger partial charge >= 0.3 is 0 Å². The highest BCUT2D eigenvalue weighted by Gasteiger charge is 2.30. The number of benzene rings is 4. The number of rotatable bonds is 13. The maximum Gasteiger partial charge on any atom is 0.180 e. The molecule has 0 saturated carbocycles. The number of piperidine rings is 3. The Labute approximate surface area is 547 Å². The van der Waals surface area contributed by atoms with E-state index in [0.717, 1.165) is 166 Å². The number of nitrogens with zero attached hydrogens (tertiary/aromatic N) is 14. The van der Waals surface area contributed by atoms with Crippen molar-refractivity contribution in [3.63, 3.8) is 0 Å². The van der Waals surface area contributed by atoms with Gasteiger partial charge in [0.1, 0.15) is 45.5 Å². The summed E-state index contributed by atoms with van der Waals surface area (Å²) in [5, 5.41) is 20.2. The number of anilines is 3. The second-order valence-corrected chi connectivity index (χ2v) is 27.5. The highest BCUT2D eigenvalue weighted by Crippen LogP contribution is 2.41. The SMILES string of the molecule is CC1(N)CCN(c2cnc3c(Sc4cccc(Cl)c4Cl)n[nH]c3n2)CC1.COc1ccc(Cn2nc(Br)c3ncc(N4CCC(C)(N)CC4)nc32)cc1.COc1ccc(Cn2nc(Sc3cccc(Cl)c3Cl)c3ncc(N4CCC(C)(N)CC4)nc32)cc1. The van der Waals surface area contributed by atoms with Gasteiger partial charge in [0.2, 0.25) is 0 Å². The van der Waals surface area contributed by atoms with Gasteiger partial charge in [-0.25, -0.2) is 39.3 Å². The van der Waals surface area contributed by atoms with Crippen molar-refractivity contribution in [3.05, 3.63) is 139 Å². The van der Waals surface area contributed by atoms with Crippen LogP contribution in [0.15, 0.2) is 128 Å². The molecular weight excluding hydrogens is 1300 g/mol. The molecule has 20 nitrogen and oxygen atoms in total. The lowest BCUT2D eigenvalue weighted by Crippen LogP contribution is -2.48. The monoisotopic (exact) mass is 1370 g/mol. The van der Waals surface area contributed by atoms with E-state index in [4.69, 9.17) is 93.1 Å². The number of nitrogens with one attached hydrogen (secondary N) is 1. The third-order valence-corrected chi connectivity index (χ3v) is 20.4. The van der Waals surface area contributed by atoms with E-state index in [1.807, 2.05) is 94.6 Å². The molecule has 88 heavy (non-hydrogen) atoms. The van der Waals surface area contributed by atoms with Gasteiger partial charge in [-0.1, -0.05) is 106 Å². The van der Waals surface area contributed by atoms with Crippen molar-refractivity contribution < 1.29 is 9.47 Å². The molecule has 10 aromatic rings. The fourth-order valence-electron chi connectivity index (χ4n) is 10.3. The van der Waals surface area contributed by atoms with Gasteiger partial charge < -0.3 is 41.4 Å². The van der Waals surface area contributed by atoms with Crippen molar-refractivity contribution in [2.24, 2.45) is 17.2 Å². The average Bonchev–Trinajstić information content (AvgIpc) is 2.65. The van der Waals surface area contributed by atoms with Crippen LogP contribution in [0.4, 0.5) is 17.5 Å². The lowest BCUT2D eigenvalue weighted by atomic mass is 9.91. The van der Waals surface area contributed by atoms with E-state index in [1.165, 1.54) is 23.5 Å². The minimum Gasteiger partial charge on any atom is -0.497 e. The van der Waals surface area contributed by atoms with Crippen LogP contribution in [0.5, 0.6) is 11.5 Å².